The number of carbonyl (C=O) groups excluding carboxylic acids is 2. The summed E-state index contributed by atoms with van der Waals surface area (Å²) in [7, 11) is 0. The van der Waals surface area contributed by atoms with Gasteiger partial charge in [-0.3, -0.25) is 9.59 Å². The van der Waals surface area contributed by atoms with Crippen molar-refractivity contribution in [1.82, 2.24) is 14.9 Å². The van der Waals surface area contributed by atoms with Crippen molar-refractivity contribution < 1.29 is 9.59 Å². The van der Waals surface area contributed by atoms with Gasteiger partial charge in [0.2, 0.25) is 0 Å². The van der Waals surface area contributed by atoms with Crippen LogP contribution >= 0.6 is 0 Å². The number of nitrogens with zero attached hydrogens (tertiary/aromatic N) is 3. The summed E-state index contributed by atoms with van der Waals surface area (Å²) in [5, 5.41) is 2.85. The minimum Gasteiger partial charge on any atom is -0.320 e. The van der Waals surface area contributed by atoms with E-state index < -0.39 is 0 Å². The van der Waals surface area contributed by atoms with Crippen LogP contribution in [0.5, 0.6) is 0 Å². The lowest BCUT2D eigenvalue weighted by Gasteiger charge is -2.17. The molecule has 0 aliphatic carbocycles. The Morgan fingerprint density at radius 1 is 0.938 bits per heavy atom. The van der Waals surface area contributed by atoms with E-state index in [-0.39, 0.29) is 17.4 Å². The summed E-state index contributed by atoms with van der Waals surface area (Å²) in [4.78, 5) is 36.6. The summed E-state index contributed by atoms with van der Waals surface area (Å²) in [5.41, 5.74) is 2.92. The lowest BCUT2D eigenvalue weighted by Crippen LogP contribution is -2.24. The third kappa shape index (κ3) is 6.08. The molecule has 0 unspecified atom stereocenters. The minimum atomic E-state index is -0.358. The van der Waals surface area contributed by atoms with E-state index in [0.717, 1.165) is 43.7 Å². The summed E-state index contributed by atoms with van der Waals surface area (Å²) in [6.45, 7) is 8.80. The first kappa shape index (κ1) is 23.3. The number of ketones is 1. The molecule has 0 saturated carbocycles. The zero-order chi connectivity index (χ0) is 22.9. The van der Waals surface area contributed by atoms with Crippen LogP contribution < -0.4 is 5.32 Å². The van der Waals surface area contributed by atoms with Gasteiger partial charge in [0, 0.05) is 16.8 Å². The van der Waals surface area contributed by atoms with Gasteiger partial charge in [-0.2, -0.15) is 0 Å². The molecule has 0 saturated heterocycles. The highest BCUT2D eigenvalue weighted by Crippen LogP contribution is 2.19. The van der Waals surface area contributed by atoms with Crippen LogP contribution in [0.3, 0.4) is 0 Å². The lowest BCUT2D eigenvalue weighted by molar-refractivity contribution is 0.101. The van der Waals surface area contributed by atoms with Crippen molar-refractivity contribution in [2.24, 2.45) is 0 Å². The van der Waals surface area contributed by atoms with Gasteiger partial charge in [0.05, 0.1) is 5.69 Å². The number of benzene rings is 2. The van der Waals surface area contributed by atoms with Gasteiger partial charge in [-0.1, -0.05) is 56.3 Å². The lowest BCUT2D eigenvalue weighted by atomic mass is 10.1. The number of nitrogens with one attached hydrogen (secondary N) is 1. The van der Waals surface area contributed by atoms with Crippen LogP contribution in [0, 0.1) is 0 Å². The van der Waals surface area contributed by atoms with Crippen molar-refractivity contribution in [3.05, 3.63) is 77.6 Å². The van der Waals surface area contributed by atoms with E-state index in [1.807, 2.05) is 30.3 Å². The average Bonchev–Trinajstić information content (AvgIpc) is 2.82. The standard InChI is InChI=1S/C26H30N4O2/c1-4-30(5-2)17-11-14-21-18-24(28-25(27-21)20-12-7-6-8-13-20)26(32)29-23-16-10-9-15-22(23)19(3)31/h6-10,12-13,15-16,18H,4-5,11,14,17H2,1-3H3,(H,29,32). The zero-order valence-electron chi connectivity index (χ0n) is 19.0. The van der Waals surface area contributed by atoms with Gasteiger partial charge in [0.15, 0.2) is 11.6 Å². The third-order valence-electron chi connectivity index (χ3n) is 5.40. The quantitative estimate of drug-likeness (QED) is 0.464. The largest absolute Gasteiger partial charge is 0.320 e. The predicted octanol–water partition coefficient (Wildman–Crippen LogP) is 4.87. The summed E-state index contributed by atoms with van der Waals surface area (Å²) >= 11 is 0. The van der Waals surface area contributed by atoms with Crippen LogP contribution in [0.1, 0.15) is 53.7 Å². The van der Waals surface area contributed by atoms with Gasteiger partial charge < -0.3 is 10.2 Å². The molecule has 6 heteroatoms. The van der Waals surface area contributed by atoms with Crippen molar-refractivity contribution in [3.8, 4) is 11.4 Å². The fourth-order valence-electron chi connectivity index (χ4n) is 3.57. The summed E-state index contributed by atoms with van der Waals surface area (Å²) < 4.78 is 0. The number of rotatable bonds is 10. The number of anilines is 1. The van der Waals surface area contributed by atoms with E-state index in [4.69, 9.17) is 4.98 Å². The molecule has 0 aliphatic heterocycles. The first-order valence-corrected chi connectivity index (χ1v) is 11.1. The molecule has 2 aromatic carbocycles. The smallest absolute Gasteiger partial charge is 0.274 e. The van der Waals surface area contributed by atoms with E-state index in [1.165, 1.54) is 6.92 Å². The van der Waals surface area contributed by atoms with Gasteiger partial charge in [-0.15, -0.1) is 0 Å². The first-order valence-electron chi connectivity index (χ1n) is 11.1. The molecule has 1 N–H and O–H groups in total. The van der Waals surface area contributed by atoms with Crippen molar-refractivity contribution in [2.75, 3.05) is 25.0 Å². The highest BCUT2D eigenvalue weighted by Gasteiger charge is 2.16. The van der Waals surface area contributed by atoms with Crippen LogP contribution in [0.4, 0.5) is 5.69 Å². The monoisotopic (exact) mass is 430 g/mol. The Labute approximate surface area is 189 Å². The third-order valence-corrected chi connectivity index (χ3v) is 5.40. The molecule has 0 fully saturated rings. The van der Waals surface area contributed by atoms with E-state index in [2.05, 4.69) is 29.0 Å². The molecule has 0 atom stereocenters. The Bertz CT molecular complexity index is 1060. The van der Waals surface area contributed by atoms with E-state index in [0.29, 0.717) is 17.1 Å². The van der Waals surface area contributed by atoms with Crippen molar-refractivity contribution >= 4 is 17.4 Å². The van der Waals surface area contributed by atoms with Crippen molar-refractivity contribution in [1.29, 1.82) is 0 Å². The number of para-hydroxylation sites is 1. The maximum atomic E-state index is 13.1. The molecule has 0 radical (unpaired) electrons. The van der Waals surface area contributed by atoms with Crippen LogP contribution in [-0.2, 0) is 6.42 Å². The second-order valence-electron chi connectivity index (χ2n) is 7.62. The predicted molar refractivity (Wildman–Crippen MR) is 128 cm³/mol. The number of hydrogen-bond acceptors (Lipinski definition) is 5. The number of amides is 1. The Balaban J connectivity index is 1.88. The van der Waals surface area contributed by atoms with E-state index in [1.54, 1.807) is 30.3 Å². The zero-order valence-corrected chi connectivity index (χ0v) is 19.0. The van der Waals surface area contributed by atoms with Crippen LogP contribution in [-0.4, -0.2) is 46.2 Å². The Hall–Kier alpha value is -3.38. The fourth-order valence-corrected chi connectivity index (χ4v) is 3.57. The van der Waals surface area contributed by atoms with Crippen LogP contribution in [0.2, 0.25) is 0 Å². The van der Waals surface area contributed by atoms with Crippen molar-refractivity contribution in [2.45, 2.75) is 33.6 Å². The molecule has 0 spiro atoms. The summed E-state index contributed by atoms with van der Waals surface area (Å²) in [6.07, 6.45) is 1.70. The topological polar surface area (TPSA) is 75.2 Å². The molecule has 166 valence electrons. The maximum absolute atomic E-state index is 13.1. The molecule has 0 bridgehead atoms. The van der Waals surface area contributed by atoms with Gasteiger partial charge in [0.1, 0.15) is 5.69 Å². The number of aromatic nitrogens is 2. The van der Waals surface area contributed by atoms with Gasteiger partial charge in [-0.25, -0.2) is 9.97 Å². The SMILES string of the molecule is CCN(CC)CCCc1cc(C(=O)Nc2ccccc2C(C)=O)nc(-c2ccccc2)n1. The minimum absolute atomic E-state index is 0.106. The molecule has 6 nitrogen and oxygen atoms in total. The van der Waals surface area contributed by atoms with Gasteiger partial charge in [0.25, 0.3) is 5.91 Å². The highest BCUT2D eigenvalue weighted by atomic mass is 16.2. The van der Waals surface area contributed by atoms with Gasteiger partial charge >= 0.3 is 0 Å². The van der Waals surface area contributed by atoms with Crippen LogP contribution in [0.25, 0.3) is 11.4 Å². The molecule has 32 heavy (non-hydrogen) atoms. The normalized spacial score (nSPS) is 10.9. The molecule has 0 aliphatic rings. The molecular formula is C26H30N4O2. The van der Waals surface area contributed by atoms with E-state index in [9.17, 15) is 9.59 Å². The second-order valence-corrected chi connectivity index (χ2v) is 7.62. The fraction of sp³-hybridized carbons (Fsp3) is 0.308. The number of Topliss-reactive ketones (excluding diaryl/α,β-unsaturated/α-hetero) is 1. The summed E-state index contributed by atoms with van der Waals surface area (Å²) in [5.74, 6) is 0.0601. The molecule has 3 aromatic rings. The number of hydrogen-bond donors (Lipinski definition) is 1. The molecule has 1 aromatic heterocycles. The highest BCUT2D eigenvalue weighted by molar-refractivity contribution is 6.08. The summed E-state index contributed by atoms with van der Waals surface area (Å²) in [6, 6.07) is 18.4. The molecular weight excluding hydrogens is 400 g/mol. The number of aryl methyl sites for hydroxylation is 1. The average molecular weight is 431 g/mol. The Morgan fingerprint density at radius 2 is 1.62 bits per heavy atom. The first-order chi connectivity index (χ1) is 15.5. The second kappa shape index (κ2) is 11.3. The molecule has 3 rings (SSSR count). The Kier molecular flexibility index (Phi) is 8.22. The van der Waals surface area contributed by atoms with Crippen molar-refractivity contribution in [3.63, 3.8) is 0 Å². The van der Waals surface area contributed by atoms with Gasteiger partial charge in [-0.05, 0) is 57.6 Å². The van der Waals surface area contributed by atoms with E-state index >= 15 is 0 Å². The Morgan fingerprint density at radius 3 is 2.31 bits per heavy atom. The van der Waals surface area contributed by atoms with Crippen LogP contribution in [0.15, 0.2) is 60.7 Å². The molecule has 1 heterocycles. The number of carbonyl (C=O) groups is 2. The molecule has 1 amide bonds. The maximum Gasteiger partial charge on any atom is 0.274 e.